The molecule has 1 rings (SSSR count). The minimum absolute atomic E-state index is 0.362. The lowest BCUT2D eigenvalue weighted by molar-refractivity contribution is 0.289. The molecule has 0 aromatic rings. The maximum Gasteiger partial charge on any atom is 0.0550 e. The van der Waals surface area contributed by atoms with Crippen molar-refractivity contribution in [3.05, 3.63) is 0 Å². The fourth-order valence-corrected chi connectivity index (χ4v) is 3.27. The SMILES string of the molecule is CCC(C)(C)C1CCC(CO)S1. The average Bonchev–Trinajstić information content (AvgIpc) is 2.52. The molecule has 1 fully saturated rings. The first-order valence-corrected chi connectivity index (χ1v) is 5.80. The molecule has 0 bridgehead atoms. The van der Waals surface area contributed by atoms with E-state index in [1.54, 1.807) is 0 Å². The van der Waals surface area contributed by atoms with Gasteiger partial charge in [-0.15, -0.1) is 0 Å². The van der Waals surface area contributed by atoms with Crippen LogP contribution in [-0.2, 0) is 0 Å². The van der Waals surface area contributed by atoms with Gasteiger partial charge in [-0.25, -0.2) is 0 Å². The van der Waals surface area contributed by atoms with Crippen LogP contribution >= 0.6 is 11.8 Å². The standard InChI is InChI=1S/C10H20OS/c1-4-10(2,3)9-6-5-8(7-11)12-9/h8-9,11H,4-7H2,1-3H3. The van der Waals surface area contributed by atoms with Crippen LogP contribution in [-0.4, -0.2) is 22.2 Å². The highest BCUT2D eigenvalue weighted by atomic mass is 32.2. The Hall–Kier alpha value is 0.310. The third-order valence-corrected chi connectivity index (χ3v) is 5.07. The van der Waals surface area contributed by atoms with Crippen LogP contribution in [0.2, 0.25) is 0 Å². The molecule has 1 aliphatic heterocycles. The molecule has 72 valence electrons. The van der Waals surface area contributed by atoms with Crippen LogP contribution in [0, 0.1) is 5.41 Å². The lowest BCUT2D eigenvalue weighted by Gasteiger charge is -2.29. The van der Waals surface area contributed by atoms with Crippen molar-refractivity contribution in [2.24, 2.45) is 5.41 Å². The molecule has 0 saturated carbocycles. The molecule has 0 amide bonds. The number of thioether (sulfide) groups is 1. The molecule has 0 spiro atoms. The van der Waals surface area contributed by atoms with Crippen LogP contribution < -0.4 is 0 Å². The Morgan fingerprint density at radius 3 is 2.50 bits per heavy atom. The van der Waals surface area contributed by atoms with Gasteiger partial charge < -0.3 is 5.11 Å². The zero-order chi connectivity index (χ0) is 9.19. The molecule has 1 saturated heterocycles. The smallest absolute Gasteiger partial charge is 0.0550 e. The predicted molar refractivity (Wildman–Crippen MR) is 55.6 cm³/mol. The summed E-state index contributed by atoms with van der Waals surface area (Å²) in [7, 11) is 0. The Kier molecular flexibility index (Phi) is 3.47. The van der Waals surface area contributed by atoms with E-state index < -0.39 is 0 Å². The van der Waals surface area contributed by atoms with Gasteiger partial charge >= 0.3 is 0 Å². The van der Waals surface area contributed by atoms with Gasteiger partial charge in [-0.3, -0.25) is 0 Å². The summed E-state index contributed by atoms with van der Waals surface area (Å²) in [6, 6.07) is 0. The van der Waals surface area contributed by atoms with Crippen LogP contribution in [0.3, 0.4) is 0 Å². The third kappa shape index (κ3) is 2.17. The van der Waals surface area contributed by atoms with Crippen LogP contribution in [0.1, 0.15) is 40.0 Å². The van der Waals surface area contributed by atoms with E-state index in [0.717, 1.165) is 5.25 Å². The molecule has 2 atom stereocenters. The summed E-state index contributed by atoms with van der Waals surface area (Å²) in [6.07, 6.45) is 3.73. The lowest BCUT2D eigenvalue weighted by atomic mass is 9.84. The molecule has 12 heavy (non-hydrogen) atoms. The normalized spacial score (nSPS) is 31.0. The molecule has 1 aliphatic rings. The molecule has 2 unspecified atom stereocenters. The second-order valence-corrected chi connectivity index (χ2v) is 5.86. The molecular formula is C10H20OS. The Balaban J connectivity index is 2.46. The van der Waals surface area contributed by atoms with Crippen LogP contribution in [0.25, 0.3) is 0 Å². The van der Waals surface area contributed by atoms with Crippen molar-refractivity contribution in [3.8, 4) is 0 Å². The van der Waals surface area contributed by atoms with Gasteiger partial charge in [0.15, 0.2) is 0 Å². The van der Waals surface area contributed by atoms with Gasteiger partial charge in [-0.05, 0) is 24.7 Å². The second kappa shape index (κ2) is 4.01. The Morgan fingerprint density at radius 2 is 2.08 bits per heavy atom. The fraction of sp³-hybridized carbons (Fsp3) is 1.00. The van der Waals surface area contributed by atoms with Crippen molar-refractivity contribution >= 4 is 11.8 Å². The minimum atomic E-state index is 0.362. The summed E-state index contributed by atoms with van der Waals surface area (Å²) >= 11 is 1.99. The highest BCUT2D eigenvalue weighted by Gasteiger charge is 2.34. The van der Waals surface area contributed by atoms with Crippen LogP contribution in [0.5, 0.6) is 0 Å². The Bertz CT molecular complexity index is 145. The molecule has 1 nitrogen and oxygen atoms in total. The van der Waals surface area contributed by atoms with E-state index in [9.17, 15) is 0 Å². The maximum absolute atomic E-state index is 9.00. The van der Waals surface area contributed by atoms with Crippen molar-refractivity contribution in [1.82, 2.24) is 0 Å². The summed E-state index contributed by atoms with van der Waals surface area (Å²) in [5, 5.41) is 10.3. The average molecular weight is 188 g/mol. The topological polar surface area (TPSA) is 20.2 Å². The van der Waals surface area contributed by atoms with E-state index in [0.29, 0.717) is 17.3 Å². The van der Waals surface area contributed by atoms with Crippen molar-refractivity contribution in [3.63, 3.8) is 0 Å². The monoisotopic (exact) mass is 188 g/mol. The molecular weight excluding hydrogens is 168 g/mol. The lowest BCUT2D eigenvalue weighted by Crippen LogP contribution is -2.23. The first-order chi connectivity index (χ1) is 5.60. The molecule has 0 aromatic carbocycles. The summed E-state index contributed by atoms with van der Waals surface area (Å²) in [6.45, 7) is 7.29. The number of rotatable bonds is 3. The van der Waals surface area contributed by atoms with Crippen LogP contribution in [0.15, 0.2) is 0 Å². The van der Waals surface area contributed by atoms with Gasteiger partial charge in [0.05, 0.1) is 6.61 Å². The zero-order valence-electron chi connectivity index (χ0n) is 8.34. The zero-order valence-corrected chi connectivity index (χ0v) is 9.16. The highest BCUT2D eigenvalue weighted by molar-refractivity contribution is 8.00. The largest absolute Gasteiger partial charge is 0.395 e. The Morgan fingerprint density at radius 1 is 1.42 bits per heavy atom. The number of hydrogen-bond acceptors (Lipinski definition) is 2. The molecule has 1 N–H and O–H groups in total. The van der Waals surface area contributed by atoms with E-state index in [-0.39, 0.29) is 0 Å². The van der Waals surface area contributed by atoms with Gasteiger partial charge in [0.2, 0.25) is 0 Å². The summed E-state index contributed by atoms with van der Waals surface area (Å²) in [5.74, 6) is 0. The minimum Gasteiger partial charge on any atom is -0.395 e. The summed E-state index contributed by atoms with van der Waals surface area (Å²) in [4.78, 5) is 0. The van der Waals surface area contributed by atoms with Crippen LogP contribution in [0.4, 0.5) is 0 Å². The quantitative estimate of drug-likeness (QED) is 0.735. The number of aliphatic hydroxyl groups is 1. The molecule has 0 aliphatic carbocycles. The van der Waals surface area contributed by atoms with E-state index in [1.165, 1.54) is 19.3 Å². The molecule has 0 aromatic heterocycles. The first kappa shape index (κ1) is 10.4. The van der Waals surface area contributed by atoms with E-state index in [4.69, 9.17) is 5.11 Å². The summed E-state index contributed by atoms with van der Waals surface area (Å²) < 4.78 is 0. The highest BCUT2D eigenvalue weighted by Crippen LogP contribution is 2.44. The van der Waals surface area contributed by atoms with Crippen molar-refractivity contribution in [2.45, 2.75) is 50.5 Å². The van der Waals surface area contributed by atoms with E-state index in [2.05, 4.69) is 20.8 Å². The van der Waals surface area contributed by atoms with E-state index in [1.807, 2.05) is 11.8 Å². The molecule has 0 radical (unpaired) electrons. The number of aliphatic hydroxyl groups excluding tert-OH is 1. The molecule has 2 heteroatoms. The van der Waals surface area contributed by atoms with Gasteiger partial charge in [-0.1, -0.05) is 20.8 Å². The first-order valence-electron chi connectivity index (χ1n) is 4.86. The fourth-order valence-electron chi connectivity index (χ4n) is 1.64. The van der Waals surface area contributed by atoms with E-state index >= 15 is 0 Å². The van der Waals surface area contributed by atoms with Crippen molar-refractivity contribution in [1.29, 1.82) is 0 Å². The third-order valence-electron chi connectivity index (χ3n) is 3.09. The van der Waals surface area contributed by atoms with Gasteiger partial charge in [0, 0.05) is 10.5 Å². The van der Waals surface area contributed by atoms with Gasteiger partial charge in [0.25, 0.3) is 0 Å². The van der Waals surface area contributed by atoms with Gasteiger partial charge in [0.1, 0.15) is 0 Å². The molecule has 1 heterocycles. The number of hydrogen-bond donors (Lipinski definition) is 1. The summed E-state index contributed by atoms with van der Waals surface area (Å²) in [5.41, 5.74) is 0.453. The predicted octanol–water partition coefficient (Wildman–Crippen LogP) is 2.68. The van der Waals surface area contributed by atoms with Crippen molar-refractivity contribution in [2.75, 3.05) is 6.61 Å². The van der Waals surface area contributed by atoms with Gasteiger partial charge in [-0.2, -0.15) is 11.8 Å². The Labute approximate surface area is 79.9 Å². The second-order valence-electron chi connectivity index (χ2n) is 4.35. The van der Waals surface area contributed by atoms with Crippen molar-refractivity contribution < 1.29 is 5.11 Å². The maximum atomic E-state index is 9.00.